The van der Waals surface area contributed by atoms with E-state index in [9.17, 15) is 9.59 Å². The summed E-state index contributed by atoms with van der Waals surface area (Å²) in [4.78, 5) is 31.1. The number of piperidine rings is 3. The van der Waals surface area contributed by atoms with E-state index in [0.29, 0.717) is 37.3 Å². The summed E-state index contributed by atoms with van der Waals surface area (Å²) in [6, 6.07) is 4.39. The first-order valence-corrected chi connectivity index (χ1v) is 9.90. The van der Waals surface area contributed by atoms with Crippen molar-refractivity contribution in [2.24, 2.45) is 11.8 Å². The highest BCUT2D eigenvalue weighted by atomic mass is 16.2. The van der Waals surface area contributed by atoms with Gasteiger partial charge in [0.15, 0.2) is 0 Å². The van der Waals surface area contributed by atoms with Gasteiger partial charge in [0.2, 0.25) is 11.8 Å². The van der Waals surface area contributed by atoms with Crippen molar-refractivity contribution >= 4 is 11.8 Å². The zero-order chi connectivity index (χ0) is 17.9. The Morgan fingerprint density at radius 2 is 2.08 bits per heavy atom. The fraction of sp³-hybridized carbons (Fsp3) is 0.650. The lowest BCUT2D eigenvalue weighted by Crippen LogP contribution is -2.66. The summed E-state index contributed by atoms with van der Waals surface area (Å²) in [5, 5.41) is 6.65. The molecule has 0 saturated carbocycles. The number of hydrogen-bond acceptors (Lipinski definition) is 4. The number of fused-ring (bicyclic) bond motifs is 4. The molecule has 6 nitrogen and oxygen atoms in total. The molecule has 3 aliphatic rings. The number of nitrogens with one attached hydrogen (secondary N) is 2. The van der Waals surface area contributed by atoms with Gasteiger partial charge in [-0.2, -0.15) is 0 Å². The van der Waals surface area contributed by atoms with Crippen LogP contribution in [0.4, 0.5) is 0 Å². The van der Waals surface area contributed by atoms with Crippen LogP contribution in [0.1, 0.15) is 37.7 Å². The molecule has 3 fully saturated rings. The summed E-state index contributed by atoms with van der Waals surface area (Å²) >= 11 is 0. The molecule has 140 valence electrons. The molecule has 3 aliphatic heterocycles. The van der Waals surface area contributed by atoms with Crippen LogP contribution in [0.15, 0.2) is 24.5 Å². The highest BCUT2D eigenvalue weighted by molar-refractivity contribution is 5.79. The van der Waals surface area contributed by atoms with Crippen molar-refractivity contribution in [2.45, 2.75) is 50.6 Å². The summed E-state index contributed by atoms with van der Waals surface area (Å²) < 4.78 is 0. The van der Waals surface area contributed by atoms with E-state index in [1.54, 1.807) is 12.4 Å². The van der Waals surface area contributed by atoms with Crippen molar-refractivity contribution in [3.05, 3.63) is 30.1 Å². The van der Waals surface area contributed by atoms with Crippen LogP contribution in [0.5, 0.6) is 0 Å². The van der Waals surface area contributed by atoms with E-state index in [0.717, 1.165) is 37.9 Å². The quantitative estimate of drug-likeness (QED) is 0.829. The van der Waals surface area contributed by atoms with Crippen LogP contribution >= 0.6 is 0 Å². The normalized spacial score (nSPS) is 30.6. The third kappa shape index (κ3) is 3.61. The standard InChI is InChI=1S/C20H28N4O2/c25-19(5-4-14-6-8-21-9-7-14)23-13-18-16-10-15(11-22-12-16)17-2-1-3-20(26)24(17)18/h6-9,15-18,22H,1-5,10-13H2,(H,23,25)/t15-,16+,17+,18+/m1/s1. The summed E-state index contributed by atoms with van der Waals surface area (Å²) in [6.45, 7) is 2.55. The van der Waals surface area contributed by atoms with Crippen LogP contribution in [0.25, 0.3) is 0 Å². The number of nitrogens with zero attached hydrogens (tertiary/aromatic N) is 2. The molecule has 2 N–H and O–H groups in total. The van der Waals surface area contributed by atoms with Crippen LogP contribution in [-0.2, 0) is 16.0 Å². The van der Waals surface area contributed by atoms with E-state index in [4.69, 9.17) is 0 Å². The zero-order valence-corrected chi connectivity index (χ0v) is 15.2. The van der Waals surface area contributed by atoms with Crippen LogP contribution in [0, 0.1) is 11.8 Å². The van der Waals surface area contributed by atoms with Gasteiger partial charge in [-0.3, -0.25) is 14.6 Å². The van der Waals surface area contributed by atoms with Gasteiger partial charge in [0, 0.05) is 44.4 Å². The Bertz CT molecular complexity index is 650. The Hall–Kier alpha value is -1.95. The largest absolute Gasteiger partial charge is 0.354 e. The number of carbonyl (C=O) groups excluding carboxylic acids is 2. The highest BCUT2D eigenvalue weighted by Crippen LogP contribution is 2.39. The Labute approximate surface area is 154 Å². The topological polar surface area (TPSA) is 74.3 Å². The molecule has 1 aromatic rings. The number of aromatic nitrogens is 1. The average Bonchev–Trinajstić information content (AvgIpc) is 2.68. The van der Waals surface area contributed by atoms with E-state index in [-0.39, 0.29) is 17.9 Å². The second-order valence-electron chi connectivity index (χ2n) is 7.90. The minimum Gasteiger partial charge on any atom is -0.354 e. The maximum absolute atomic E-state index is 12.6. The molecule has 2 amide bonds. The molecule has 3 saturated heterocycles. The molecule has 26 heavy (non-hydrogen) atoms. The van der Waals surface area contributed by atoms with Gasteiger partial charge in [-0.1, -0.05) is 0 Å². The molecule has 6 heteroatoms. The fourth-order valence-electron chi connectivity index (χ4n) is 5.01. The minimum atomic E-state index is 0.0636. The minimum absolute atomic E-state index is 0.0636. The van der Waals surface area contributed by atoms with Gasteiger partial charge >= 0.3 is 0 Å². The first-order chi connectivity index (χ1) is 12.7. The Balaban J connectivity index is 1.36. The molecule has 0 spiro atoms. The van der Waals surface area contributed by atoms with Crippen molar-refractivity contribution in [3.8, 4) is 0 Å². The summed E-state index contributed by atoms with van der Waals surface area (Å²) in [6.07, 6.45) is 8.66. The lowest BCUT2D eigenvalue weighted by atomic mass is 9.72. The average molecular weight is 356 g/mol. The molecule has 1 aromatic heterocycles. The smallest absolute Gasteiger partial charge is 0.223 e. The van der Waals surface area contributed by atoms with Crippen molar-refractivity contribution in [1.82, 2.24) is 20.5 Å². The molecule has 0 aromatic carbocycles. The Morgan fingerprint density at radius 1 is 1.27 bits per heavy atom. The van der Waals surface area contributed by atoms with Gasteiger partial charge in [-0.25, -0.2) is 0 Å². The molecular formula is C20H28N4O2. The third-order valence-electron chi connectivity index (χ3n) is 6.30. The monoisotopic (exact) mass is 356 g/mol. The number of amides is 2. The molecule has 0 unspecified atom stereocenters. The number of aryl methyl sites for hydroxylation is 1. The van der Waals surface area contributed by atoms with Crippen molar-refractivity contribution in [1.29, 1.82) is 0 Å². The van der Waals surface area contributed by atoms with Crippen molar-refractivity contribution in [2.75, 3.05) is 19.6 Å². The van der Waals surface area contributed by atoms with Crippen molar-refractivity contribution < 1.29 is 9.59 Å². The summed E-state index contributed by atoms with van der Waals surface area (Å²) in [5.74, 6) is 1.38. The van der Waals surface area contributed by atoms with Gasteiger partial charge in [0.25, 0.3) is 0 Å². The molecule has 2 bridgehead atoms. The third-order valence-corrected chi connectivity index (χ3v) is 6.30. The van der Waals surface area contributed by atoms with Crippen LogP contribution < -0.4 is 10.6 Å². The fourth-order valence-corrected chi connectivity index (χ4v) is 5.01. The SMILES string of the molecule is O=C(CCc1ccncc1)NC[C@H]1[C@@H]2CNC[C@@H](C2)[C@@H]2CCCC(=O)N21. The van der Waals surface area contributed by atoms with Gasteiger partial charge in [-0.15, -0.1) is 0 Å². The van der Waals surface area contributed by atoms with E-state index in [2.05, 4.69) is 20.5 Å². The van der Waals surface area contributed by atoms with Crippen LogP contribution in [0.3, 0.4) is 0 Å². The Kier molecular flexibility index (Phi) is 5.20. The second kappa shape index (κ2) is 7.74. The molecule has 4 atom stereocenters. The van der Waals surface area contributed by atoms with Gasteiger partial charge in [0.1, 0.15) is 0 Å². The molecule has 4 rings (SSSR count). The van der Waals surface area contributed by atoms with E-state index in [1.165, 1.54) is 6.42 Å². The highest BCUT2D eigenvalue weighted by Gasteiger charge is 2.47. The van der Waals surface area contributed by atoms with Crippen LogP contribution in [-0.4, -0.2) is 53.4 Å². The molecule has 0 aliphatic carbocycles. The van der Waals surface area contributed by atoms with Crippen molar-refractivity contribution in [3.63, 3.8) is 0 Å². The van der Waals surface area contributed by atoms with Gasteiger partial charge in [-0.05, 0) is 61.8 Å². The summed E-state index contributed by atoms with van der Waals surface area (Å²) in [5.41, 5.74) is 1.12. The lowest BCUT2D eigenvalue weighted by molar-refractivity contribution is -0.149. The maximum Gasteiger partial charge on any atom is 0.223 e. The molecule has 0 radical (unpaired) electrons. The second-order valence-corrected chi connectivity index (χ2v) is 7.90. The summed E-state index contributed by atoms with van der Waals surface area (Å²) in [7, 11) is 0. The number of carbonyl (C=O) groups is 2. The first kappa shape index (κ1) is 17.5. The number of hydrogen-bond donors (Lipinski definition) is 2. The molecule has 4 heterocycles. The number of pyridine rings is 1. The first-order valence-electron chi connectivity index (χ1n) is 9.90. The van der Waals surface area contributed by atoms with Gasteiger partial charge in [0.05, 0.1) is 6.04 Å². The van der Waals surface area contributed by atoms with Crippen LogP contribution in [0.2, 0.25) is 0 Å². The Morgan fingerprint density at radius 3 is 2.92 bits per heavy atom. The van der Waals surface area contributed by atoms with E-state index < -0.39 is 0 Å². The molecular weight excluding hydrogens is 328 g/mol. The number of rotatable bonds is 5. The lowest BCUT2D eigenvalue weighted by Gasteiger charge is -2.54. The predicted octanol–water partition coefficient (Wildman–Crippen LogP) is 1.12. The predicted molar refractivity (Wildman–Crippen MR) is 98.3 cm³/mol. The maximum atomic E-state index is 12.6. The van der Waals surface area contributed by atoms with Gasteiger partial charge < -0.3 is 15.5 Å². The van der Waals surface area contributed by atoms with E-state index in [1.807, 2.05) is 12.1 Å². The van der Waals surface area contributed by atoms with E-state index >= 15 is 0 Å². The zero-order valence-electron chi connectivity index (χ0n) is 15.2.